The quantitative estimate of drug-likeness (QED) is 0.466. The molecule has 0 aromatic heterocycles. The van der Waals surface area contributed by atoms with Gasteiger partial charge in [0, 0.05) is 25.3 Å². The lowest BCUT2D eigenvalue weighted by molar-refractivity contribution is -0.152. The van der Waals surface area contributed by atoms with Crippen molar-refractivity contribution in [2.24, 2.45) is 17.8 Å². The van der Waals surface area contributed by atoms with Crippen LogP contribution in [0.3, 0.4) is 0 Å². The van der Waals surface area contributed by atoms with E-state index in [1.54, 1.807) is 33.9 Å². The highest BCUT2D eigenvalue weighted by Crippen LogP contribution is 2.58. The summed E-state index contributed by atoms with van der Waals surface area (Å²) in [4.78, 5) is 49.0. The number of anilines is 1. The average molecular weight is 600 g/mol. The molecule has 3 amide bonds. The third-order valence-corrected chi connectivity index (χ3v) is 10.0. The summed E-state index contributed by atoms with van der Waals surface area (Å²) < 4.78 is 12.3. The topological polar surface area (TPSA) is 99.6 Å². The fourth-order valence-corrected chi connectivity index (χ4v) is 7.62. The van der Waals surface area contributed by atoms with Crippen LogP contribution in [0.25, 0.3) is 0 Å². The lowest BCUT2D eigenvalue weighted by Gasteiger charge is -2.41. The Balaban J connectivity index is 1.46. The molecule has 1 unspecified atom stereocenters. The Hall–Kier alpha value is -3.95. The summed E-state index contributed by atoms with van der Waals surface area (Å²) in [6.45, 7) is 6.55. The first-order valence-electron chi connectivity index (χ1n) is 15.5. The van der Waals surface area contributed by atoms with Gasteiger partial charge >= 0.3 is 0 Å². The second-order valence-corrected chi connectivity index (χ2v) is 12.5. The summed E-state index contributed by atoms with van der Waals surface area (Å²) in [6, 6.07) is 15.3. The van der Waals surface area contributed by atoms with E-state index in [0.29, 0.717) is 30.9 Å². The summed E-state index contributed by atoms with van der Waals surface area (Å²) in [5.41, 5.74) is -0.870. The van der Waals surface area contributed by atoms with Crippen molar-refractivity contribution in [1.82, 2.24) is 9.80 Å². The van der Waals surface area contributed by atoms with E-state index in [-0.39, 0.29) is 36.8 Å². The molecule has 9 nitrogen and oxygen atoms in total. The molecule has 7 atom stereocenters. The van der Waals surface area contributed by atoms with Crippen LogP contribution in [0, 0.1) is 17.8 Å². The van der Waals surface area contributed by atoms with Crippen LogP contribution in [0.1, 0.15) is 32.8 Å². The average Bonchev–Trinajstić information content (AvgIpc) is 3.31. The number of hydrogen-bond donors (Lipinski definition) is 1. The van der Waals surface area contributed by atoms with Crippen LogP contribution < -0.4 is 9.64 Å². The molecule has 0 aliphatic carbocycles. The maximum Gasteiger partial charge on any atom is 0.253 e. The third kappa shape index (κ3) is 4.64. The van der Waals surface area contributed by atoms with Crippen LogP contribution in [0.2, 0.25) is 0 Å². The molecule has 0 bridgehead atoms. The Morgan fingerprint density at radius 2 is 1.66 bits per heavy atom. The van der Waals surface area contributed by atoms with Crippen molar-refractivity contribution in [3.63, 3.8) is 0 Å². The zero-order valence-corrected chi connectivity index (χ0v) is 25.8. The SMILES string of the molecule is CC[C@H](C)[C@H](CO)N1C(=O)[C@@H]2[C@@H]3C(=O)N(Cc4ccccc4)CC=C[C@]3(C)O[C@@]23C=CCN(c2ccc(OC)cc2)C(=O)C13. The van der Waals surface area contributed by atoms with Gasteiger partial charge in [0.05, 0.1) is 37.2 Å². The van der Waals surface area contributed by atoms with Crippen LogP contribution >= 0.6 is 0 Å². The number of nitrogens with zero attached hydrogens (tertiary/aromatic N) is 3. The number of amides is 3. The molecule has 1 N–H and O–H groups in total. The maximum absolute atomic E-state index is 14.8. The number of fused-ring (bicyclic) bond motifs is 2. The number of hydrogen-bond acceptors (Lipinski definition) is 6. The molecule has 9 heteroatoms. The molecule has 2 fully saturated rings. The summed E-state index contributed by atoms with van der Waals surface area (Å²) in [5.74, 6) is -2.06. The van der Waals surface area contributed by atoms with Gasteiger partial charge in [-0.05, 0) is 42.7 Å². The first-order chi connectivity index (χ1) is 21.2. The minimum absolute atomic E-state index is 0.0972. The van der Waals surface area contributed by atoms with Gasteiger partial charge in [0.15, 0.2) is 0 Å². The van der Waals surface area contributed by atoms with Crippen molar-refractivity contribution in [3.05, 3.63) is 84.5 Å². The Morgan fingerprint density at radius 1 is 0.955 bits per heavy atom. The monoisotopic (exact) mass is 599 g/mol. The molecule has 4 aliphatic rings. The van der Waals surface area contributed by atoms with Crippen molar-refractivity contribution in [2.75, 3.05) is 31.7 Å². The van der Waals surface area contributed by atoms with E-state index < -0.39 is 35.1 Å². The van der Waals surface area contributed by atoms with Crippen molar-refractivity contribution < 1.29 is 29.0 Å². The minimum atomic E-state index is -1.40. The molecule has 0 saturated carbocycles. The predicted molar refractivity (Wildman–Crippen MR) is 166 cm³/mol. The van der Waals surface area contributed by atoms with Crippen LogP contribution in [-0.4, -0.2) is 82.7 Å². The van der Waals surface area contributed by atoms with Gasteiger partial charge in [0.2, 0.25) is 11.8 Å². The van der Waals surface area contributed by atoms with E-state index >= 15 is 0 Å². The maximum atomic E-state index is 14.8. The largest absolute Gasteiger partial charge is 0.497 e. The van der Waals surface area contributed by atoms with Gasteiger partial charge in [0.25, 0.3) is 5.91 Å². The standard InChI is InChI=1S/C35H41N3O6/c1-5-23(2)27(22-39)38-30-33(42)37(25-13-15-26(43-4)16-14-25)20-10-18-35(30)29(32(38)41)28-31(40)36(19-9-17-34(28,3)44-35)21-24-11-7-6-8-12-24/h6-18,23,27-30,39H,5,19-22H2,1-4H3/t23-,27-,28+,29-,30?,34-,35-/m0/s1. The molecule has 0 radical (unpaired) electrons. The molecule has 4 heterocycles. The highest BCUT2D eigenvalue weighted by molar-refractivity contribution is 6.06. The Labute approximate surface area is 258 Å². The van der Waals surface area contributed by atoms with Gasteiger partial charge in [-0.15, -0.1) is 0 Å². The van der Waals surface area contributed by atoms with Crippen molar-refractivity contribution >= 4 is 23.4 Å². The smallest absolute Gasteiger partial charge is 0.253 e. The summed E-state index contributed by atoms with van der Waals surface area (Å²) in [5, 5.41) is 10.7. The van der Waals surface area contributed by atoms with Crippen molar-refractivity contribution in [1.29, 1.82) is 0 Å². The van der Waals surface area contributed by atoms with Gasteiger partial charge < -0.3 is 29.3 Å². The van der Waals surface area contributed by atoms with Gasteiger partial charge in [-0.1, -0.05) is 74.9 Å². The minimum Gasteiger partial charge on any atom is -0.497 e. The number of carbonyl (C=O) groups excluding carboxylic acids is 3. The summed E-state index contributed by atoms with van der Waals surface area (Å²) in [7, 11) is 1.58. The van der Waals surface area contributed by atoms with E-state index in [0.717, 1.165) is 5.56 Å². The first kappa shape index (κ1) is 30.1. The number of aliphatic hydroxyl groups excluding tert-OH is 1. The van der Waals surface area contributed by atoms with Gasteiger partial charge in [0.1, 0.15) is 17.4 Å². The zero-order valence-electron chi connectivity index (χ0n) is 25.8. The number of likely N-dealkylation sites (tertiary alicyclic amines) is 1. The Bertz CT molecular complexity index is 1480. The lowest BCUT2D eigenvalue weighted by atomic mass is 9.74. The van der Waals surface area contributed by atoms with E-state index in [9.17, 15) is 19.5 Å². The molecular weight excluding hydrogens is 558 g/mol. The molecule has 2 aromatic rings. The van der Waals surface area contributed by atoms with Gasteiger partial charge in [-0.25, -0.2) is 0 Å². The third-order valence-electron chi connectivity index (χ3n) is 10.0. The highest BCUT2D eigenvalue weighted by Gasteiger charge is 2.75. The lowest BCUT2D eigenvalue weighted by Crippen LogP contribution is -2.60. The normalized spacial score (nSPS) is 30.9. The number of methoxy groups -OCH3 is 1. The van der Waals surface area contributed by atoms with Crippen LogP contribution in [0.4, 0.5) is 5.69 Å². The second-order valence-electron chi connectivity index (χ2n) is 12.5. The highest BCUT2D eigenvalue weighted by atomic mass is 16.5. The molecule has 6 rings (SSSR count). The molecule has 2 saturated heterocycles. The van der Waals surface area contributed by atoms with E-state index in [4.69, 9.17) is 9.47 Å². The fraction of sp³-hybridized carbons (Fsp3) is 0.457. The summed E-state index contributed by atoms with van der Waals surface area (Å²) in [6.07, 6.45) is 8.23. The molecule has 1 spiro atoms. The van der Waals surface area contributed by atoms with Crippen LogP contribution in [-0.2, 0) is 25.7 Å². The van der Waals surface area contributed by atoms with E-state index in [2.05, 4.69) is 0 Å². The number of benzene rings is 2. The first-order valence-corrected chi connectivity index (χ1v) is 15.5. The Kier molecular flexibility index (Phi) is 7.88. The predicted octanol–water partition coefficient (Wildman–Crippen LogP) is 3.57. The van der Waals surface area contributed by atoms with Gasteiger partial charge in [-0.3, -0.25) is 14.4 Å². The molecule has 4 aliphatic heterocycles. The number of carbonyl (C=O) groups is 3. The number of aliphatic hydroxyl groups is 1. The fourth-order valence-electron chi connectivity index (χ4n) is 7.62. The second kappa shape index (κ2) is 11.5. The van der Waals surface area contributed by atoms with E-state index in [1.165, 1.54) is 0 Å². The Morgan fingerprint density at radius 3 is 2.32 bits per heavy atom. The van der Waals surface area contributed by atoms with Crippen LogP contribution in [0.15, 0.2) is 78.9 Å². The van der Waals surface area contributed by atoms with Crippen molar-refractivity contribution in [2.45, 2.75) is 57.0 Å². The molecular formula is C35H41N3O6. The molecule has 2 aromatic carbocycles. The summed E-state index contributed by atoms with van der Waals surface area (Å²) >= 11 is 0. The zero-order chi connectivity index (χ0) is 31.2. The molecule has 44 heavy (non-hydrogen) atoms. The van der Waals surface area contributed by atoms with E-state index in [1.807, 2.05) is 87.5 Å². The number of ether oxygens (including phenoxy) is 2. The van der Waals surface area contributed by atoms with Crippen LogP contribution in [0.5, 0.6) is 5.75 Å². The number of rotatable bonds is 8. The van der Waals surface area contributed by atoms with Crippen molar-refractivity contribution in [3.8, 4) is 5.75 Å². The molecule has 232 valence electrons. The van der Waals surface area contributed by atoms with Gasteiger partial charge in [-0.2, -0.15) is 0 Å².